The molecule has 0 saturated carbocycles. The summed E-state index contributed by atoms with van der Waals surface area (Å²) in [5.41, 5.74) is 11.3. The van der Waals surface area contributed by atoms with Crippen LogP contribution in [-0.2, 0) is 9.47 Å². The van der Waals surface area contributed by atoms with Crippen LogP contribution in [0.3, 0.4) is 0 Å². The zero-order valence-corrected chi connectivity index (χ0v) is 56.4. The van der Waals surface area contributed by atoms with E-state index in [1.54, 1.807) is 31.6 Å². The molecule has 5 N–H and O–H groups in total. The first-order valence-corrected chi connectivity index (χ1v) is 31.8. The van der Waals surface area contributed by atoms with E-state index in [1.165, 1.54) is 0 Å². The number of piperidine rings is 3. The summed E-state index contributed by atoms with van der Waals surface area (Å²) in [6.07, 6.45) is 20.3. The van der Waals surface area contributed by atoms with Gasteiger partial charge in [-0.1, -0.05) is 28.9 Å². The summed E-state index contributed by atoms with van der Waals surface area (Å²) in [7, 11) is 1.61. The van der Waals surface area contributed by atoms with E-state index in [0.717, 1.165) is 115 Å². The predicted molar refractivity (Wildman–Crippen MR) is 357 cm³/mol. The standard InChI is InChI=1S/C30H39N7O3.C23H27N7O.C13H19ClN6.ClH/c1-29(2)14-22(15-30(3,4)35-29)36-18-31-25-13-24(33-34-28(25)36)23-10-9-20(12-26(23)40-19-38-5)21-16-32-37(17-21)27-8-6-7-11-39-27;1-22(2)9-16(10-23(3,4)29-22)30-13-24-19-8-18(27-28-21(19)30)17-6-5-14(7-20(17)31)15-11-25-26-12-15;1-12(2)6-8(7-13(3,4)18-12)20-11-9(15-19-20)5-10(14)16-17-11;/h9-10,12-13,16-18,22,27,35H,6-8,11,14-15,19H2,1-5H3;5-8,11-13,16,29,31H,9-10H2,1-4H3,(H,25,26);5,8,18H,6-7H2,1-4H3;1H. The Hall–Kier alpha value is -7.58. The molecule has 4 aliphatic heterocycles. The molecule has 8 aromatic heterocycles. The third-order valence-corrected chi connectivity index (χ3v) is 17.7. The monoisotopic (exact) mass is 1290 g/mol. The van der Waals surface area contributed by atoms with Crippen LogP contribution in [0.4, 0.5) is 0 Å². The molecule has 1 atom stereocenters. The van der Waals surface area contributed by atoms with Crippen molar-refractivity contribution in [3.63, 3.8) is 0 Å². The number of hydrogen-bond donors (Lipinski definition) is 5. The Labute approximate surface area is 547 Å². The van der Waals surface area contributed by atoms with Crippen LogP contribution in [0.25, 0.3) is 78.3 Å². The highest BCUT2D eigenvalue weighted by molar-refractivity contribution is 6.29. The van der Waals surface area contributed by atoms with Gasteiger partial charge in [0.2, 0.25) is 5.65 Å². The summed E-state index contributed by atoms with van der Waals surface area (Å²) in [5, 5.41) is 68.1. The van der Waals surface area contributed by atoms with Crippen molar-refractivity contribution in [1.82, 2.24) is 101 Å². The number of halogens is 2. The molecule has 0 aliphatic carbocycles. The average molecular weight is 1290 g/mol. The largest absolute Gasteiger partial charge is 0.507 e. The number of phenols is 1. The van der Waals surface area contributed by atoms with Gasteiger partial charge in [0, 0.05) is 99.7 Å². The van der Waals surface area contributed by atoms with Gasteiger partial charge in [0.05, 0.1) is 42.5 Å². The fourth-order valence-electron chi connectivity index (χ4n) is 14.9. The fourth-order valence-corrected chi connectivity index (χ4v) is 15.0. The normalized spacial score (nSPS) is 20.2. The van der Waals surface area contributed by atoms with Gasteiger partial charge >= 0.3 is 0 Å². The number of methoxy groups -OCH3 is 1. The van der Waals surface area contributed by atoms with Gasteiger partial charge < -0.3 is 44.4 Å². The number of imidazole rings is 2. The molecule has 2 aromatic carbocycles. The SMILES string of the molecule is CC1(C)CC(n2cnc3cc(-c4ccc(-c5cn[nH]c5)cc4O)nnc32)CC(C)(C)N1.CC1(C)CC(n2nnc3cc(Cl)nnc32)CC(C)(C)N1.COCOc1cc(-c2cnn(C3CCCCO3)c2)ccc1-c1cc2ncn(C3CC(C)(C)NC(C)(C)C3)c2nn1.Cl. The Kier molecular flexibility index (Phi) is 18.4. The van der Waals surface area contributed by atoms with Gasteiger partial charge in [-0.3, -0.25) is 5.10 Å². The summed E-state index contributed by atoms with van der Waals surface area (Å²) in [4.78, 5) is 9.34. The number of aromatic amines is 1. The predicted octanol–water partition coefficient (Wildman–Crippen LogP) is 12.4. The molecule has 10 aromatic rings. The third kappa shape index (κ3) is 14.8. The van der Waals surface area contributed by atoms with Crippen LogP contribution in [0, 0.1) is 0 Å². The van der Waals surface area contributed by atoms with Crippen molar-refractivity contribution < 1.29 is 19.3 Å². The molecule has 24 nitrogen and oxygen atoms in total. The number of H-pyrrole nitrogens is 1. The first kappa shape index (κ1) is 65.9. The van der Waals surface area contributed by atoms with Gasteiger partial charge in [0.15, 0.2) is 23.2 Å². The van der Waals surface area contributed by atoms with Gasteiger partial charge in [-0.2, -0.15) is 10.2 Å². The smallest absolute Gasteiger partial charge is 0.201 e. The quantitative estimate of drug-likeness (QED) is 0.0753. The number of phenolic OH excluding ortho intramolecular Hbond substituents is 1. The first-order valence-electron chi connectivity index (χ1n) is 31.5. The molecule has 0 radical (unpaired) electrons. The molecule has 14 rings (SSSR count). The van der Waals surface area contributed by atoms with Crippen LogP contribution in [0.1, 0.15) is 165 Å². The molecule has 488 valence electrons. The van der Waals surface area contributed by atoms with E-state index < -0.39 is 0 Å². The summed E-state index contributed by atoms with van der Waals surface area (Å²) in [5.74, 6) is 0.810. The highest BCUT2D eigenvalue weighted by atomic mass is 35.5. The van der Waals surface area contributed by atoms with Crippen LogP contribution in [0.2, 0.25) is 5.15 Å². The molecule has 4 fully saturated rings. The molecule has 92 heavy (non-hydrogen) atoms. The lowest BCUT2D eigenvalue weighted by atomic mass is 9.79. The van der Waals surface area contributed by atoms with Gasteiger partial charge in [-0.25, -0.2) is 19.3 Å². The summed E-state index contributed by atoms with van der Waals surface area (Å²) >= 11 is 5.84. The molecule has 0 spiro atoms. The second-order valence-electron chi connectivity index (χ2n) is 29.0. The van der Waals surface area contributed by atoms with Crippen molar-refractivity contribution in [2.45, 2.75) is 198 Å². The first-order chi connectivity index (χ1) is 43.2. The lowest BCUT2D eigenvalue weighted by molar-refractivity contribution is -0.0394. The molecule has 4 saturated heterocycles. The summed E-state index contributed by atoms with van der Waals surface area (Å²) in [6.45, 7) is 27.7. The second-order valence-corrected chi connectivity index (χ2v) is 29.4. The number of benzene rings is 2. The maximum atomic E-state index is 10.6. The van der Waals surface area contributed by atoms with Gasteiger partial charge in [0.25, 0.3) is 0 Å². The topological polar surface area (TPSA) is 274 Å². The Balaban J connectivity index is 0.000000148. The molecule has 4 aliphatic rings. The number of hydrogen-bond acceptors (Lipinski definition) is 19. The van der Waals surface area contributed by atoms with E-state index in [4.69, 9.17) is 30.8 Å². The number of fused-ring (bicyclic) bond motifs is 3. The Morgan fingerprint density at radius 1 is 0.587 bits per heavy atom. The van der Waals surface area contributed by atoms with Gasteiger partial charge in [-0.15, -0.1) is 48.1 Å². The van der Waals surface area contributed by atoms with E-state index in [-0.39, 0.29) is 76.5 Å². The van der Waals surface area contributed by atoms with Crippen molar-refractivity contribution in [3.05, 3.63) is 97.2 Å². The zero-order chi connectivity index (χ0) is 64.3. The average Bonchev–Trinajstić information content (AvgIpc) is 1.53. The number of nitrogens with zero attached hydrogens (tertiary/aromatic N) is 16. The van der Waals surface area contributed by atoms with Crippen molar-refractivity contribution in [2.24, 2.45) is 0 Å². The van der Waals surface area contributed by atoms with E-state index in [0.29, 0.717) is 45.1 Å². The molecule has 26 heteroatoms. The minimum absolute atomic E-state index is 0. The Bertz CT molecular complexity index is 4150. The molecular weight excluding hydrogens is 1210 g/mol. The molecule has 0 bridgehead atoms. The number of rotatable bonds is 11. The highest BCUT2D eigenvalue weighted by Crippen LogP contribution is 2.42. The van der Waals surface area contributed by atoms with Crippen LogP contribution >= 0.6 is 24.0 Å². The fraction of sp³-hybridized carbons (Fsp3) is 0.515. The minimum Gasteiger partial charge on any atom is -0.507 e. The maximum Gasteiger partial charge on any atom is 0.201 e. The number of ether oxygens (including phenoxy) is 3. The van der Waals surface area contributed by atoms with E-state index >= 15 is 0 Å². The van der Waals surface area contributed by atoms with Crippen molar-refractivity contribution in [2.75, 3.05) is 20.5 Å². The third-order valence-electron chi connectivity index (χ3n) is 17.6. The number of aromatic nitrogens is 17. The van der Waals surface area contributed by atoms with E-state index in [1.807, 2.05) is 70.8 Å². The molecule has 1 unspecified atom stereocenters. The zero-order valence-electron chi connectivity index (χ0n) is 54.9. The highest BCUT2D eigenvalue weighted by Gasteiger charge is 2.42. The lowest BCUT2D eigenvalue weighted by Gasteiger charge is -2.46. The van der Waals surface area contributed by atoms with E-state index in [2.05, 4.69) is 175 Å². The number of nitrogens with one attached hydrogen (secondary N) is 4. The van der Waals surface area contributed by atoms with Crippen LogP contribution in [0.5, 0.6) is 11.5 Å². The van der Waals surface area contributed by atoms with Gasteiger partial charge in [-0.05, 0) is 188 Å². The number of aromatic hydroxyl groups is 1. The molecular formula is C66H86Cl2N20O4. The summed E-state index contributed by atoms with van der Waals surface area (Å²) in [6, 6.07) is 18.0. The van der Waals surface area contributed by atoms with Crippen molar-refractivity contribution in [1.29, 1.82) is 0 Å². The van der Waals surface area contributed by atoms with Crippen LogP contribution < -0.4 is 20.7 Å². The molecule has 12 heterocycles. The minimum atomic E-state index is -0.00481. The lowest BCUT2D eigenvalue weighted by Crippen LogP contribution is -2.58. The van der Waals surface area contributed by atoms with E-state index in [9.17, 15) is 5.11 Å². The molecule has 0 amide bonds. The van der Waals surface area contributed by atoms with Crippen molar-refractivity contribution in [3.8, 4) is 56.3 Å². The maximum absolute atomic E-state index is 10.6. The Morgan fingerprint density at radius 3 is 1.66 bits per heavy atom. The Morgan fingerprint density at radius 2 is 1.13 bits per heavy atom. The van der Waals surface area contributed by atoms with Gasteiger partial charge in [0.1, 0.15) is 34.3 Å². The second kappa shape index (κ2) is 25.7. The van der Waals surface area contributed by atoms with Crippen molar-refractivity contribution >= 4 is 57.5 Å². The van der Waals surface area contributed by atoms with Crippen LogP contribution in [-0.4, -0.2) is 144 Å². The van der Waals surface area contributed by atoms with Crippen LogP contribution in [0.15, 0.2) is 92.0 Å². The summed E-state index contributed by atoms with van der Waals surface area (Å²) < 4.78 is 25.3.